The Balaban J connectivity index is 1.82. The van der Waals surface area contributed by atoms with Crippen LogP contribution in [-0.2, 0) is 16.4 Å². The molecule has 0 aliphatic heterocycles. The summed E-state index contributed by atoms with van der Waals surface area (Å²) in [6.45, 7) is -0.00847. The first kappa shape index (κ1) is 17.0. The lowest BCUT2D eigenvalue weighted by Gasteiger charge is -2.11. The lowest BCUT2D eigenvalue weighted by molar-refractivity contribution is 0.186. The van der Waals surface area contributed by atoms with Gasteiger partial charge in [0.05, 0.1) is 12.9 Å². The third kappa shape index (κ3) is 5.10. The van der Waals surface area contributed by atoms with Gasteiger partial charge in [-0.05, 0) is 35.6 Å². The van der Waals surface area contributed by atoms with E-state index in [1.807, 2.05) is 23.6 Å². The van der Waals surface area contributed by atoms with E-state index in [0.29, 0.717) is 6.42 Å². The molecule has 2 rings (SSSR count). The van der Waals surface area contributed by atoms with Crippen molar-refractivity contribution < 1.29 is 18.3 Å². The van der Waals surface area contributed by atoms with E-state index in [1.54, 1.807) is 25.3 Å². The summed E-state index contributed by atoms with van der Waals surface area (Å²) in [4.78, 5) is 0.748. The van der Waals surface area contributed by atoms with Crippen LogP contribution in [-0.4, -0.2) is 32.9 Å². The Kier molecular flexibility index (Phi) is 5.96. The van der Waals surface area contributed by atoms with Gasteiger partial charge in [0, 0.05) is 11.4 Å². The molecular formula is C15H19NO4S2. The zero-order chi connectivity index (χ0) is 16.0. The third-order valence-corrected chi connectivity index (χ3v) is 5.51. The summed E-state index contributed by atoms with van der Waals surface area (Å²) in [5.74, 6) is 0.722. The van der Waals surface area contributed by atoms with Crippen molar-refractivity contribution in [3.63, 3.8) is 0 Å². The van der Waals surface area contributed by atoms with Gasteiger partial charge in [-0.15, -0.1) is 11.3 Å². The molecule has 0 amide bonds. The van der Waals surface area contributed by atoms with Gasteiger partial charge in [-0.25, -0.2) is 13.1 Å². The van der Waals surface area contributed by atoms with Gasteiger partial charge in [-0.1, -0.05) is 18.2 Å². The van der Waals surface area contributed by atoms with Gasteiger partial charge in [-0.2, -0.15) is 0 Å². The average Bonchev–Trinajstić information content (AvgIpc) is 3.06. The first-order valence-corrected chi connectivity index (χ1v) is 9.35. The standard InChI is InChI=1S/C15H19NO4S2/c1-20-13-6-4-12(5-7-13)8-10-22(18,19)16-11-14(17)15-3-2-9-21-15/h2-7,9,14,16-17H,8,10-11H2,1H3/t14-/m1/s1. The summed E-state index contributed by atoms with van der Waals surface area (Å²) in [6, 6.07) is 10.9. The number of thiophene rings is 1. The first-order chi connectivity index (χ1) is 10.5. The van der Waals surface area contributed by atoms with E-state index in [9.17, 15) is 13.5 Å². The quantitative estimate of drug-likeness (QED) is 0.769. The summed E-state index contributed by atoms with van der Waals surface area (Å²) in [6.07, 6.45) is -0.398. The fourth-order valence-electron chi connectivity index (χ4n) is 1.90. The Morgan fingerprint density at radius 2 is 2.00 bits per heavy atom. The van der Waals surface area contributed by atoms with Crippen LogP contribution in [0.1, 0.15) is 16.5 Å². The number of aliphatic hydroxyl groups is 1. The molecule has 0 saturated heterocycles. The molecule has 1 heterocycles. The second-order valence-corrected chi connectivity index (χ2v) is 7.70. The van der Waals surface area contributed by atoms with Crippen molar-refractivity contribution in [1.29, 1.82) is 0 Å². The Morgan fingerprint density at radius 1 is 1.27 bits per heavy atom. The fraction of sp³-hybridized carbons (Fsp3) is 0.333. The Labute approximate surface area is 134 Å². The first-order valence-electron chi connectivity index (χ1n) is 6.82. The molecule has 2 aromatic rings. The summed E-state index contributed by atoms with van der Waals surface area (Å²) < 4.78 is 31.4. The number of ether oxygens (including phenoxy) is 1. The topological polar surface area (TPSA) is 75.6 Å². The number of benzene rings is 1. The molecule has 0 spiro atoms. The fourth-order valence-corrected chi connectivity index (χ4v) is 3.68. The summed E-state index contributed by atoms with van der Waals surface area (Å²) >= 11 is 1.40. The van der Waals surface area contributed by atoms with Crippen LogP contribution in [0, 0.1) is 0 Å². The smallest absolute Gasteiger partial charge is 0.212 e. The van der Waals surface area contributed by atoms with Crippen molar-refractivity contribution in [2.45, 2.75) is 12.5 Å². The highest BCUT2D eigenvalue weighted by molar-refractivity contribution is 7.89. The number of rotatable bonds is 8. The molecule has 2 N–H and O–H groups in total. The van der Waals surface area contributed by atoms with Gasteiger partial charge in [0.2, 0.25) is 10.0 Å². The molecule has 0 radical (unpaired) electrons. The van der Waals surface area contributed by atoms with Crippen molar-refractivity contribution in [2.24, 2.45) is 0 Å². The van der Waals surface area contributed by atoms with Crippen LogP contribution >= 0.6 is 11.3 Å². The molecule has 0 unspecified atom stereocenters. The zero-order valence-electron chi connectivity index (χ0n) is 12.2. The van der Waals surface area contributed by atoms with Crippen LogP contribution in [0.15, 0.2) is 41.8 Å². The highest BCUT2D eigenvalue weighted by atomic mass is 32.2. The molecule has 0 aliphatic carbocycles. The van der Waals surface area contributed by atoms with Gasteiger partial charge in [0.1, 0.15) is 11.9 Å². The molecule has 22 heavy (non-hydrogen) atoms. The van der Waals surface area contributed by atoms with Crippen molar-refractivity contribution in [2.75, 3.05) is 19.4 Å². The molecule has 0 saturated carbocycles. The van der Waals surface area contributed by atoms with Crippen molar-refractivity contribution in [1.82, 2.24) is 4.72 Å². The van der Waals surface area contributed by atoms with Crippen LogP contribution < -0.4 is 9.46 Å². The van der Waals surface area contributed by atoms with Crippen molar-refractivity contribution in [3.05, 3.63) is 52.2 Å². The van der Waals surface area contributed by atoms with Gasteiger partial charge in [0.25, 0.3) is 0 Å². The van der Waals surface area contributed by atoms with Crippen molar-refractivity contribution >= 4 is 21.4 Å². The molecule has 1 aromatic heterocycles. The van der Waals surface area contributed by atoms with Crippen LogP contribution in [0.5, 0.6) is 5.75 Å². The molecule has 1 atom stereocenters. The SMILES string of the molecule is COc1ccc(CCS(=O)(=O)NC[C@@H](O)c2cccs2)cc1. The predicted octanol–water partition coefficient (Wildman–Crippen LogP) is 1.95. The monoisotopic (exact) mass is 341 g/mol. The lowest BCUT2D eigenvalue weighted by atomic mass is 10.2. The van der Waals surface area contributed by atoms with Gasteiger partial charge in [0.15, 0.2) is 0 Å². The summed E-state index contributed by atoms with van der Waals surface area (Å²) in [7, 11) is -1.83. The molecule has 0 fully saturated rings. The highest BCUT2D eigenvalue weighted by Crippen LogP contribution is 2.18. The van der Waals surface area contributed by atoms with E-state index in [-0.39, 0.29) is 12.3 Å². The lowest BCUT2D eigenvalue weighted by Crippen LogP contribution is -2.31. The van der Waals surface area contributed by atoms with Crippen LogP contribution in [0.2, 0.25) is 0 Å². The number of nitrogens with one attached hydrogen (secondary N) is 1. The molecule has 7 heteroatoms. The van der Waals surface area contributed by atoms with Crippen LogP contribution in [0.3, 0.4) is 0 Å². The minimum atomic E-state index is -3.42. The molecule has 120 valence electrons. The normalized spacial score (nSPS) is 13.0. The van der Waals surface area contributed by atoms with Crippen molar-refractivity contribution in [3.8, 4) is 5.75 Å². The Morgan fingerprint density at radius 3 is 2.59 bits per heavy atom. The molecule has 5 nitrogen and oxygen atoms in total. The predicted molar refractivity (Wildman–Crippen MR) is 87.8 cm³/mol. The van der Waals surface area contributed by atoms with E-state index in [4.69, 9.17) is 4.74 Å². The highest BCUT2D eigenvalue weighted by Gasteiger charge is 2.15. The largest absolute Gasteiger partial charge is 0.497 e. The number of sulfonamides is 1. The Hall–Kier alpha value is -1.41. The maximum Gasteiger partial charge on any atom is 0.212 e. The minimum absolute atomic E-state index is 0.00847. The van der Waals surface area contributed by atoms with E-state index in [0.717, 1.165) is 16.2 Å². The van der Waals surface area contributed by atoms with Gasteiger partial charge in [-0.3, -0.25) is 0 Å². The third-order valence-electron chi connectivity index (χ3n) is 3.19. The van der Waals surface area contributed by atoms with E-state index in [1.165, 1.54) is 11.3 Å². The number of aliphatic hydroxyl groups excluding tert-OH is 1. The minimum Gasteiger partial charge on any atom is -0.497 e. The Bertz CT molecular complexity index is 666. The van der Waals surface area contributed by atoms with E-state index in [2.05, 4.69) is 4.72 Å². The molecule has 0 bridgehead atoms. The average molecular weight is 341 g/mol. The van der Waals surface area contributed by atoms with Gasteiger partial charge < -0.3 is 9.84 Å². The number of aryl methyl sites for hydroxylation is 1. The molecular weight excluding hydrogens is 322 g/mol. The van der Waals surface area contributed by atoms with Crippen LogP contribution in [0.25, 0.3) is 0 Å². The zero-order valence-corrected chi connectivity index (χ0v) is 13.9. The maximum atomic E-state index is 12.0. The number of methoxy groups -OCH3 is 1. The second-order valence-electron chi connectivity index (χ2n) is 4.80. The molecule has 1 aromatic carbocycles. The maximum absolute atomic E-state index is 12.0. The number of hydrogen-bond donors (Lipinski definition) is 2. The summed E-state index contributed by atoms with van der Waals surface area (Å²) in [5.41, 5.74) is 0.921. The van der Waals surface area contributed by atoms with E-state index < -0.39 is 16.1 Å². The molecule has 0 aliphatic rings. The van der Waals surface area contributed by atoms with Crippen LogP contribution in [0.4, 0.5) is 0 Å². The summed E-state index contributed by atoms with van der Waals surface area (Å²) in [5, 5.41) is 11.7. The van der Waals surface area contributed by atoms with E-state index >= 15 is 0 Å². The van der Waals surface area contributed by atoms with Gasteiger partial charge >= 0.3 is 0 Å². The number of hydrogen-bond acceptors (Lipinski definition) is 5. The second kappa shape index (κ2) is 7.73.